The summed E-state index contributed by atoms with van der Waals surface area (Å²) < 4.78 is 68.3. The van der Waals surface area contributed by atoms with E-state index in [0.717, 1.165) is 11.5 Å². The second-order valence-electron chi connectivity index (χ2n) is 9.90. The van der Waals surface area contributed by atoms with Crippen LogP contribution in [-0.4, -0.2) is 81.6 Å². The third-order valence-corrected chi connectivity index (χ3v) is 7.94. The Kier molecular flexibility index (Phi) is 8.67. The number of nitrogens with one attached hydrogen (secondary N) is 1. The number of esters is 1. The van der Waals surface area contributed by atoms with Gasteiger partial charge in [0.1, 0.15) is 24.2 Å². The van der Waals surface area contributed by atoms with Crippen molar-refractivity contribution in [2.75, 3.05) is 32.2 Å². The van der Waals surface area contributed by atoms with Gasteiger partial charge < -0.3 is 24.0 Å². The minimum Gasteiger partial charge on any atom is -0.465 e. The molecule has 1 aliphatic heterocycles. The summed E-state index contributed by atoms with van der Waals surface area (Å²) in [6.07, 6.45) is -2.94. The van der Waals surface area contributed by atoms with Gasteiger partial charge in [-0.25, -0.2) is 28.3 Å². The van der Waals surface area contributed by atoms with Gasteiger partial charge in [-0.05, 0) is 39.8 Å². The maximum absolute atomic E-state index is 16.2. The van der Waals surface area contributed by atoms with Crippen molar-refractivity contribution in [2.45, 2.75) is 57.6 Å². The molecule has 0 bridgehead atoms. The predicted octanol–water partition coefficient (Wildman–Crippen LogP) is 3.23. The first kappa shape index (κ1) is 30.7. The minimum absolute atomic E-state index is 0.0586. The number of rotatable bonds is 11. The number of aromatic nitrogens is 4. The van der Waals surface area contributed by atoms with Crippen LogP contribution in [0.4, 0.5) is 14.6 Å². The second kappa shape index (κ2) is 11.6. The van der Waals surface area contributed by atoms with Crippen LogP contribution in [0.15, 0.2) is 36.7 Å². The largest absolute Gasteiger partial charge is 0.465 e. The average Bonchev–Trinajstić information content (AvgIpc) is 3.40. The molecule has 13 nitrogen and oxygen atoms in total. The van der Waals surface area contributed by atoms with Gasteiger partial charge in [0.05, 0.1) is 12.9 Å². The molecule has 16 heteroatoms. The monoisotopic (exact) mass is 598 g/mol. The number of aryl methyl sites for hydroxylation is 1. The first-order valence-corrected chi connectivity index (χ1v) is 14.3. The Morgan fingerprint density at radius 1 is 1.29 bits per heavy atom. The minimum atomic E-state index is -4.53. The average molecular weight is 599 g/mol. The Bertz CT molecular complexity index is 1440. The molecule has 0 unspecified atom stereocenters. The first-order valence-electron chi connectivity index (χ1n) is 12.8. The van der Waals surface area contributed by atoms with Crippen molar-refractivity contribution in [3.63, 3.8) is 0 Å². The molecule has 2 aromatic heterocycles. The molecule has 41 heavy (non-hydrogen) atoms. The van der Waals surface area contributed by atoms with E-state index >= 15 is 8.78 Å². The smallest absolute Gasteiger partial charge is 0.459 e. The molecule has 224 valence electrons. The van der Waals surface area contributed by atoms with E-state index in [9.17, 15) is 14.5 Å². The van der Waals surface area contributed by atoms with E-state index in [1.54, 1.807) is 51.0 Å². The van der Waals surface area contributed by atoms with Gasteiger partial charge in [-0.3, -0.25) is 13.9 Å². The molecule has 3 heterocycles. The van der Waals surface area contributed by atoms with Crippen molar-refractivity contribution in [3.05, 3.63) is 42.5 Å². The zero-order valence-corrected chi connectivity index (χ0v) is 24.3. The van der Waals surface area contributed by atoms with Crippen LogP contribution in [-0.2, 0) is 23.4 Å². The molecule has 2 N–H and O–H groups in total. The highest BCUT2D eigenvalue weighted by Crippen LogP contribution is 2.52. The van der Waals surface area contributed by atoms with Crippen LogP contribution in [0, 0.1) is 6.92 Å². The van der Waals surface area contributed by atoms with Crippen molar-refractivity contribution in [3.8, 4) is 5.75 Å². The number of alkyl halides is 2. The lowest BCUT2D eigenvalue weighted by Gasteiger charge is -2.28. The number of carbonyl (C=O) groups is 1. The van der Waals surface area contributed by atoms with Crippen molar-refractivity contribution in [1.82, 2.24) is 24.6 Å². The molecule has 0 aliphatic carbocycles. The normalized spacial score (nSPS) is 26.5. The van der Waals surface area contributed by atoms with Crippen molar-refractivity contribution in [2.24, 2.45) is 0 Å². The number of imidazole rings is 1. The van der Waals surface area contributed by atoms with Gasteiger partial charge in [0.15, 0.2) is 35.0 Å². The van der Waals surface area contributed by atoms with E-state index in [1.807, 2.05) is 0 Å². The fourth-order valence-corrected chi connectivity index (χ4v) is 5.80. The number of carbonyl (C=O) groups excluding carboxylic acids is 1. The number of hydrogen-bond acceptors (Lipinski definition) is 11. The molecule has 0 spiro atoms. The molecular formula is C25H33F2N6O7P. The number of hydrogen-bond donors (Lipinski definition) is 2. The van der Waals surface area contributed by atoms with Crippen LogP contribution in [0.2, 0.25) is 0 Å². The summed E-state index contributed by atoms with van der Waals surface area (Å²) in [5.41, 5.74) is -2.27. The number of aliphatic hydroxyl groups is 1. The van der Waals surface area contributed by atoms with Crippen molar-refractivity contribution in [1.29, 1.82) is 0 Å². The van der Waals surface area contributed by atoms with Crippen molar-refractivity contribution < 1.29 is 41.8 Å². The van der Waals surface area contributed by atoms with Gasteiger partial charge in [0.25, 0.3) is 5.85 Å². The second-order valence-corrected chi connectivity index (χ2v) is 11.6. The van der Waals surface area contributed by atoms with E-state index in [1.165, 1.54) is 25.4 Å². The Balaban J connectivity index is 1.63. The van der Waals surface area contributed by atoms with E-state index in [4.69, 9.17) is 18.5 Å². The molecule has 1 fully saturated rings. The van der Waals surface area contributed by atoms with Crippen LogP contribution in [0.3, 0.4) is 0 Å². The molecule has 6 atom stereocenters. The number of para-hydroxylation sites is 1. The lowest BCUT2D eigenvalue weighted by molar-refractivity contribution is -0.202. The highest BCUT2D eigenvalue weighted by Gasteiger charge is 2.65. The molecule has 1 aliphatic rings. The SMILES string of the molecule is CCOC(=O)[C@@H](C)N[P@](=O)(OC[C@@]1(F)O[C@@H](n2cnc3c(N(C)C)nc(C)nc32)[C@](C)(F)[C@@H]1O)Oc1ccccc1. The van der Waals surface area contributed by atoms with Crippen molar-refractivity contribution >= 4 is 30.7 Å². The summed E-state index contributed by atoms with van der Waals surface area (Å²) >= 11 is 0. The number of nitrogens with zero attached hydrogens (tertiary/aromatic N) is 5. The van der Waals surface area contributed by atoms with Crippen LogP contribution < -0.4 is 14.5 Å². The van der Waals surface area contributed by atoms with Gasteiger partial charge >= 0.3 is 13.7 Å². The molecule has 3 aromatic rings. The third-order valence-electron chi connectivity index (χ3n) is 6.32. The molecule has 1 aromatic carbocycles. The summed E-state index contributed by atoms with van der Waals surface area (Å²) in [6, 6.07) is 6.60. The number of halogens is 2. The third kappa shape index (κ3) is 6.19. The van der Waals surface area contributed by atoms with Crippen LogP contribution in [0.25, 0.3) is 11.2 Å². The molecule has 0 radical (unpaired) electrons. The van der Waals surface area contributed by atoms with Gasteiger partial charge in [0.2, 0.25) is 0 Å². The van der Waals surface area contributed by atoms with Gasteiger partial charge in [-0.15, -0.1) is 0 Å². The number of aliphatic hydroxyl groups excluding tert-OH is 1. The summed E-state index contributed by atoms with van der Waals surface area (Å²) in [6.45, 7) is 4.35. The Morgan fingerprint density at radius 2 is 1.98 bits per heavy atom. The van der Waals surface area contributed by atoms with E-state index < -0.39 is 50.2 Å². The summed E-state index contributed by atoms with van der Waals surface area (Å²) in [5.74, 6) is -3.11. The summed E-state index contributed by atoms with van der Waals surface area (Å²) in [5, 5.41) is 13.2. The molecular weight excluding hydrogens is 565 g/mol. The Hall–Kier alpha value is -3.23. The maximum Gasteiger partial charge on any atom is 0.459 e. The lowest BCUT2D eigenvalue weighted by atomic mass is 9.97. The standard InChI is InChI=1S/C25H33F2N6O7P/c1-7-37-21(34)15(2)31-41(36,40-17-11-9-8-10-12-17)38-13-25(27)22(35)24(4,26)23(39-25)33-14-28-18-19(32(5)6)29-16(3)30-20(18)33/h8-12,14-15,22-23,35H,7,13H2,1-6H3,(H,31,36)/t15-,22+,23-,24-,25-,41+/m1/s1. The Morgan fingerprint density at radius 3 is 2.61 bits per heavy atom. The quantitative estimate of drug-likeness (QED) is 0.246. The first-order chi connectivity index (χ1) is 19.2. The van der Waals surface area contributed by atoms with Gasteiger partial charge in [-0.2, -0.15) is 5.09 Å². The van der Waals surface area contributed by atoms with Gasteiger partial charge in [0, 0.05) is 14.1 Å². The highest BCUT2D eigenvalue weighted by molar-refractivity contribution is 7.52. The fourth-order valence-electron chi connectivity index (χ4n) is 4.29. The van der Waals surface area contributed by atoms with Crippen LogP contribution in [0.1, 0.15) is 32.8 Å². The number of ether oxygens (including phenoxy) is 2. The number of fused-ring (bicyclic) bond motifs is 1. The molecule has 1 saturated heterocycles. The number of benzene rings is 1. The lowest BCUT2D eigenvalue weighted by Crippen LogP contribution is -2.47. The zero-order valence-electron chi connectivity index (χ0n) is 23.4. The molecule has 0 amide bonds. The Labute approximate surface area is 235 Å². The molecule has 0 saturated carbocycles. The van der Waals surface area contributed by atoms with E-state index in [0.29, 0.717) is 17.2 Å². The zero-order chi connectivity index (χ0) is 30.2. The maximum atomic E-state index is 16.2. The molecule has 4 rings (SSSR count). The van der Waals surface area contributed by atoms with Crippen LogP contribution >= 0.6 is 7.75 Å². The van der Waals surface area contributed by atoms with E-state index in [2.05, 4.69) is 20.0 Å². The highest BCUT2D eigenvalue weighted by atomic mass is 31.2. The van der Waals surface area contributed by atoms with E-state index in [-0.39, 0.29) is 18.0 Å². The fraction of sp³-hybridized carbons (Fsp3) is 0.520. The summed E-state index contributed by atoms with van der Waals surface area (Å²) in [4.78, 5) is 26.8. The van der Waals surface area contributed by atoms with Gasteiger partial charge in [-0.1, -0.05) is 18.2 Å². The van der Waals surface area contributed by atoms with Crippen LogP contribution in [0.5, 0.6) is 5.75 Å². The topological polar surface area (TPSA) is 150 Å². The number of anilines is 1. The predicted molar refractivity (Wildman–Crippen MR) is 144 cm³/mol. The summed E-state index contributed by atoms with van der Waals surface area (Å²) in [7, 11) is -1.05.